The first-order valence-corrected chi connectivity index (χ1v) is 6.27. The van der Waals surface area contributed by atoms with Gasteiger partial charge in [-0.05, 0) is 18.8 Å². The summed E-state index contributed by atoms with van der Waals surface area (Å²) in [5, 5.41) is 2.83. The zero-order valence-electron chi connectivity index (χ0n) is 10.8. The van der Waals surface area contributed by atoms with Crippen molar-refractivity contribution in [3.05, 3.63) is 24.3 Å². The standard InChI is InChI=1S/C14H25NO/c1-4-5-6-7-8-9-10-11-14(16)15-12-13(2)3/h8-11,13H,4-7,12H2,1-3H3,(H,15,16)/b9-8+,11-10+. The highest BCUT2D eigenvalue weighted by Crippen LogP contribution is 1.99. The van der Waals surface area contributed by atoms with Gasteiger partial charge in [0.2, 0.25) is 5.91 Å². The van der Waals surface area contributed by atoms with Crippen LogP contribution in [-0.4, -0.2) is 12.5 Å². The zero-order valence-corrected chi connectivity index (χ0v) is 10.8. The molecule has 0 fully saturated rings. The molecule has 0 saturated heterocycles. The van der Waals surface area contributed by atoms with Crippen LogP contribution in [0, 0.1) is 5.92 Å². The van der Waals surface area contributed by atoms with Crippen molar-refractivity contribution in [3.8, 4) is 0 Å². The van der Waals surface area contributed by atoms with Gasteiger partial charge in [0.05, 0.1) is 0 Å². The van der Waals surface area contributed by atoms with Crippen LogP contribution in [0.3, 0.4) is 0 Å². The molecule has 0 aliphatic carbocycles. The molecule has 0 spiro atoms. The van der Waals surface area contributed by atoms with E-state index in [4.69, 9.17) is 0 Å². The Balaban J connectivity index is 3.54. The number of amides is 1. The molecule has 0 radical (unpaired) electrons. The summed E-state index contributed by atoms with van der Waals surface area (Å²) in [6.45, 7) is 7.10. The fourth-order valence-corrected chi connectivity index (χ4v) is 1.19. The number of rotatable bonds is 8. The van der Waals surface area contributed by atoms with E-state index in [-0.39, 0.29) is 5.91 Å². The summed E-state index contributed by atoms with van der Waals surface area (Å²) < 4.78 is 0. The number of nitrogens with one attached hydrogen (secondary N) is 1. The zero-order chi connectivity index (χ0) is 12.2. The van der Waals surface area contributed by atoms with E-state index in [0.29, 0.717) is 5.92 Å². The summed E-state index contributed by atoms with van der Waals surface area (Å²) in [5.74, 6) is 0.494. The van der Waals surface area contributed by atoms with Gasteiger partial charge in [-0.1, -0.05) is 51.8 Å². The number of carbonyl (C=O) groups excluding carboxylic acids is 1. The fraction of sp³-hybridized carbons (Fsp3) is 0.643. The number of hydrogen-bond donors (Lipinski definition) is 1. The van der Waals surface area contributed by atoms with E-state index >= 15 is 0 Å². The first kappa shape index (κ1) is 14.9. The van der Waals surface area contributed by atoms with Gasteiger partial charge in [0.25, 0.3) is 0 Å². The molecule has 2 nitrogen and oxygen atoms in total. The Kier molecular flexibility index (Phi) is 9.78. The summed E-state index contributed by atoms with van der Waals surface area (Å²) in [6, 6.07) is 0. The maximum atomic E-state index is 11.3. The number of allylic oxidation sites excluding steroid dienone is 3. The molecule has 0 unspecified atom stereocenters. The monoisotopic (exact) mass is 223 g/mol. The van der Waals surface area contributed by atoms with Gasteiger partial charge in [-0.3, -0.25) is 4.79 Å². The van der Waals surface area contributed by atoms with Crippen molar-refractivity contribution >= 4 is 5.91 Å². The van der Waals surface area contributed by atoms with Gasteiger partial charge in [-0.15, -0.1) is 0 Å². The number of hydrogen-bond acceptors (Lipinski definition) is 1. The van der Waals surface area contributed by atoms with Gasteiger partial charge in [0.15, 0.2) is 0 Å². The molecule has 1 N–H and O–H groups in total. The van der Waals surface area contributed by atoms with Gasteiger partial charge in [0.1, 0.15) is 0 Å². The van der Waals surface area contributed by atoms with E-state index in [1.54, 1.807) is 6.08 Å². The lowest BCUT2D eigenvalue weighted by Crippen LogP contribution is -2.25. The molecular formula is C14H25NO. The minimum absolute atomic E-state index is 0.00749. The summed E-state index contributed by atoms with van der Waals surface area (Å²) in [5.41, 5.74) is 0. The van der Waals surface area contributed by atoms with Crippen LogP contribution in [0.2, 0.25) is 0 Å². The Morgan fingerprint density at radius 2 is 2.00 bits per heavy atom. The smallest absolute Gasteiger partial charge is 0.243 e. The Labute approximate surface area is 99.8 Å². The lowest BCUT2D eigenvalue weighted by molar-refractivity contribution is -0.116. The van der Waals surface area contributed by atoms with Crippen LogP contribution in [0.1, 0.15) is 46.5 Å². The van der Waals surface area contributed by atoms with E-state index in [1.807, 2.05) is 12.2 Å². The van der Waals surface area contributed by atoms with Gasteiger partial charge in [-0.2, -0.15) is 0 Å². The molecule has 0 saturated carbocycles. The van der Waals surface area contributed by atoms with Crippen molar-refractivity contribution in [2.45, 2.75) is 46.5 Å². The van der Waals surface area contributed by atoms with Crippen molar-refractivity contribution in [2.75, 3.05) is 6.54 Å². The van der Waals surface area contributed by atoms with Crippen molar-refractivity contribution in [1.29, 1.82) is 0 Å². The molecule has 0 aliphatic heterocycles. The topological polar surface area (TPSA) is 29.1 Å². The Hall–Kier alpha value is -1.05. The minimum Gasteiger partial charge on any atom is -0.352 e. The van der Waals surface area contributed by atoms with Crippen molar-refractivity contribution in [3.63, 3.8) is 0 Å². The van der Waals surface area contributed by atoms with Gasteiger partial charge in [0, 0.05) is 12.6 Å². The lowest BCUT2D eigenvalue weighted by Gasteiger charge is -2.03. The predicted molar refractivity (Wildman–Crippen MR) is 70.3 cm³/mol. The maximum Gasteiger partial charge on any atom is 0.243 e. The first-order valence-electron chi connectivity index (χ1n) is 6.27. The molecule has 1 amide bonds. The molecule has 0 bridgehead atoms. The minimum atomic E-state index is -0.00749. The van der Waals surface area contributed by atoms with Crippen molar-refractivity contribution < 1.29 is 4.79 Å². The van der Waals surface area contributed by atoms with Crippen LogP contribution in [0.5, 0.6) is 0 Å². The molecule has 0 atom stereocenters. The van der Waals surface area contributed by atoms with Crippen molar-refractivity contribution in [2.24, 2.45) is 5.92 Å². The molecule has 0 heterocycles. The van der Waals surface area contributed by atoms with E-state index in [2.05, 4.69) is 32.2 Å². The van der Waals surface area contributed by atoms with Crippen LogP contribution in [0.4, 0.5) is 0 Å². The van der Waals surface area contributed by atoms with Crippen LogP contribution >= 0.6 is 0 Å². The molecule has 2 heteroatoms. The summed E-state index contributed by atoms with van der Waals surface area (Å²) >= 11 is 0. The SMILES string of the molecule is CCCCC/C=C/C=C/C(=O)NCC(C)C. The molecule has 0 rings (SSSR count). The van der Waals surface area contributed by atoms with Crippen LogP contribution in [0.15, 0.2) is 24.3 Å². The number of carbonyl (C=O) groups is 1. The lowest BCUT2D eigenvalue weighted by atomic mass is 10.2. The van der Waals surface area contributed by atoms with E-state index in [1.165, 1.54) is 19.3 Å². The third-order valence-electron chi connectivity index (χ3n) is 2.15. The predicted octanol–water partition coefficient (Wildman–Crippen LogP) is 3.45. The summed E-state index contributed by atoms with van der Waals surface area (Å²) in [4.78, 5) is 11.3. The highest BCUT2D eigenvalue weighted by Gasteiger charge is 1.95. The first-order chi connectivity index (χ1) is 7.66. The van der Waals surface area contributed by atoms with Gasteiger partial charge in [-0.25, -0.2) is 0 Å². The average molecular weight is 223 g/mol. The molecule has 16 heavy (non-hydrogen) atoms. The quantitative estimate of drug-likeness (QED) is 0.381. The maximum absolute atomic E-state index is 11.3. The molecule has 0 aromatic carbocycles. The largest absolute Gasteiger partial charge is 0.352 e. The van der Waals surface area contributed by atoms with Crippen molar-refractivity contribution in [1.82, 2.24) is 5.32 Å². The van der Waals surface area contributed by atoms with E-state index in [9.17, 15) is 4.79 Å². The van der Waals surface area contributed by atoms with E-state index in [0.717, 1.165) is 13.0 Å². The van der Waals surface area contributed by atoms with E-state index < -0.39 is 0 Å². The molecule has 0 aromatic rings. The number of unbranched alkanes of at least 4 members (excludes halogenated alkanes) is 3. The fourth-order valence-electron chi connectivity index (χ4n) is 1.19. The second-order valence-corrected chi connectivity index (χ2v) is 4.42. The van der Waals surface area contributed by atoms with Gasteiger partial charge >= 0.3 is 0 Å². The Morgan fingerprint density at radius 1 is 1.25 bits per heavy atom. The molecular weight excluding hydrogens is 198 g/mol. The van der Waals surface area contributed by atoms with Gasteiger partial charge < -0.3 is 5.32 Å². The third-order valence-corrected chi connectivity index (χ3v) is 2.15. The highest BCUT2D eigenvalue weighted by molar-refractivity contribution is 5.87. The third kappa shape index (κ3) is 11.0. The molecule has 0 aromatic heterocycles. The van der Waals surface area contributed by atoms with Crippen LogP contribution < -0.4 is 5.32 Å². The summed E-state index contributed by atoms with van der Waals surface area (Å²) in [7, 11) is 0. The molecule has 0 aliphatic rings. The second-order valence-electron chi connectivity index (χ2n) is 4.42. The average Bonchev–Trinajstić information content (AvgIpc) is 2.25. The second kappa shape index (κ2) is 10.5. The molecule has 92 valence electrons. The highest BCUT2D eigenvalue weighted by atomic mass is 16.1. The normalized spacial score (nSPS) is 11.8. The summed E-state index contributed by atoms with van der Waals surface area (Å²) in [6.07, 6.45) is 12.3. The van der Waals surface area contributed by atoms with Crippen LogP contribution in [0.25, 0.3) is 0 Å². The Morgan fingerprint density at radius 3 is 2.62 bits per heavy atom. The van der Waals surface area contributed by atoms with Crippen LogP contribution in [-0.2, 0) is 4.79 Å². The Bertz CT molecular complexity index is 229.